The van der Waals surface area contributed by atoms with Crippen molar-refractivity contribution in [1.29, 1.82) is 0 Å². The molecule has 134 valence electrons. The Morgan fingerprint density at radius 2 is 1.92 bits per heavy atom. The van der Waals surface area contributed by atoms with E-state index < -0.39 is 0 Å². The molecule has 2 aromatic rings. The molecular weight excluding hydrogens is 359 g/mol. The lowest BCUT2D eigenvalue weighted by atomic mass is 10.0. The summed E-state index contributed by atoms with van der Waals surface area (Å²) in [6.07, 6.45) is 1.91. The van der Waals surface area contributed by atoms with Crippen LogP contribution < -0.4 is 10.5 Å². The molecule has 0 saturated carbocycles. The van der Waals surface area contributed by atoms with Crippen LogP contribution in [0.2, 0.25) is 5.02 Å². The standard InChI is InChI=1S/C19H21ClN2O2.ClH/c20-17-9-3-1-6-14(17)13-24-18-10-4-2-8-16(18)19(23)22-11-5-7-15(21)12-22;/h1-4,6,8-10,15H,5,7,11-13,21H2;1H. The first-order valence-corrected chi connectivity index (χ1v) is 8.53. The lowest BCUT2D eigenvalue weighted by Crippen LogP contribution is -2.45. The molecule has 4 nitrogen and oxygen atoms in total. The lowest BCUT2D eigenvalue weighted by Gasteiger charge is -2.31. The molecule has 2 N–H and O–H groups in total. The molecule has 1 fully saturated rings. The number of likely N-dealkylation sites (tertiary alicyclic amines) is 1. The van der Waals surface area contributed by atoms with Gasteiger partial charge in [0.15, 0.2) is 0 Å². The highest BCUT2D eigenvalue weighted by Gasteiger charge is 2.24. The number of rotatable bonds is 4. The van der Waals surface area contributed by atoms with Crippen LogP contribution in [0.15, 0.2) is 48.5 Å². The third kappa shape index (κ3) is 4.88. The molecular formula is C19H22Cl2N2O2. The van der Waals surface area contributed by atoms with E-state index in [9.17, 15) is 4.79 Å². The summed E-state index contributed by atoms with van der Waals surface area (Å²) in [6.45, 7) is 1.66. The van der Waals surface area contributed by atoms with E-state index in [0.29, 0.717) is 29.5 Å². The van der Waals surface area contributed by atoms with Crippen LogP contribution in [0.1, 0.15) is 28.8 Å². The van der Waals surface area contributed by atoms with E-state index in [-0.39, 0.29) is 24.4 Å². The Hall–Kier alpha value is -1.75. The quantitative estimate of drug-likeness (QED) is 0.874. The summed E-state index contributed by atoms with van der Waals surface area (Å²) in [5, 5.41) is 0.656. The zero-order valence-corrected chi connectivity index (χ0v) is 15.4. The number of nitrogens with two attached hydrogens (primary N) is 1. The molecule has 0 aliphatic carbocycles. The molecule has 0 bridgehead atoms. The monoisotopic (exact) mass is 380 g/mol. The normalized spacial score (nSPS) is 16.9. The Bertz CT molecular complexity index is 724. The maximum absolute atomic E-state index is 12.8. The minimum Gasteiger partial charge on any atom is -0.488 e. The molecule has 6 heteroatoms. The highest BCUT2D eigenvalue weighted by atomic mass is 35.5. The zero-order chi connectivity index (χ0) is 16.9. The molecule has 3 rings (SSSR count). The summed E-state index contributed by atoms with van der Waals surface area (Å²) in [6, 6.07) is 14.9. The largest absolute Gasteiger partial charge is 0.488 e. The minimum atomic E-state index is -0.0279. The third-order valence-corrected chi connectivity index (χ3v) is 4.57. The van der Waals surface area contributed by atoms with Crippen LogP contribution in [0.4, 0.5) is 0 Å². The lowest BCUT2D eigenvalue weighted by molar-refractivity contribution is 0.0704. The summed E-state index contributed by atoms with van der Waals surface area (Å²) in [5.41, 5.74) is 7.45. The van der Waals surface area contributed by atoms with Crippen LogP contribution in [-0.4, -0.2) is 29.9 Å². The zero-order valence-electron chi connectivity index (χ0n) is 13.9. The molecule has 1 aliphatic heterocycles. The number of hydrogen-bond donors (Lipinski definition) is 1. The molecule has 0 radical (unpaired) electrons. The molecule has 25 heavy (non-hydrogen) atoms. The second-order valence-electron chi connectivity index (χ2n) is 6.03. The fraction of sp³-hybridized carbons (Fsp3) is 0.316. The van der Waals surface area contributed by atoms with Crippen molar-refractivity contribution in [3.63, 3.8) is 0 Å². The van der Waals surface area contributed by atoms with Crippen molar-refractivity contribution in [2.75, 3.05) is 13.1 Å². The summed E-state index contributed by atoms with van der Waals surface area (Å²) in [7, 11) is 0. The molecule has 1 unspecified atom stereocenters. The van der Waals surface area contributed by atoms with E-state index in [1.807, 2.05) is 47.4 Å². The van der Waals surface area contributed by atoms with E-state index in [1.54, 1.807) is 6.07 Å². The third-order valence-electron chi connectivity index (χ3n) is 4.20. The van der Waals surface area contributed by atoms with Crippen LogP contribution in [0.5, 0.6) is 5.75 Å². The number of para-hydroxylation sites is 1. The van der Waals surface area contributed by atoms with Crippen LogP contribution >= 0.6 is 24.0 Å². The van der Waals surface area contributed by atoms with Gasteiger partial charge < -0.3 is 15.4 Å². The SMILES string of the molecule is Cl.NC1CCCN(C(=O)c2ccccc2OCc2ccccc2Cl)C1. The summed E-state index contributed by atoms with van der Waals surface area (Å²) in [5.74, 6) is 0.543. The van der Waals surface area contributed by atoms with Gasteiger partial charge >= 0.3 is 0 Å². The number of benzene rings is 2. The average molecular weight is 381 g/mol. The van der Waals surface area contributed by atoms with E-state index in [2.05, 4.69) is 0 Å². The van der Waals surface area contributed by atoms with Crippen LogP contribution in [0, 0.1) is 0 Å². The number of carbonyl (C=O) groups excluding carboxylic acids is 1. The molecule has 1 saturated heterocycles. The molecule has 0 aromatic heterocycles. The fourth-order valence-electron chi connectivity index (χ4n) is 2.90. The van der Waals surface area contributed by atoms with Crippen LogP contribution in [0.25, 0.3) is 0 Å². The van der Waals surface area contributed by atoms with Gasteiger partial charge in [0, 0.05) is 29.7 Å². The second-order valence-corrected chi connectivity index (χ2v) is 6.44. The van der Waals surface area contributed by atoms with Gasteiger partial charge in [-0.05, 0) is 31.0 Å². The van der Waals surface area contributed by atoms with Gasteiger partial charge in [-0.2, -0.15) is 0 Å². The van der Waals surface area contributed by atoms with Crippen molar-refractivity contribution in [2.45, 2.75) is 25.5 Å². The van der Waals surface area contributed by atoms with Crippen molar-refractivity contribution >= 4 is 29.9 Å². The summed E-state index contributed by atoms with van der Waals surface area (Å²) in [4.78, 5) is 14.6. The molecule has 1 aliphatic rings. The Morgan fingerprint density at radius 1 is 1.20 bits per heavy atom. The van der Waals surface area contributed by atoms with E-state index >= 15 is 0 Å². The Kier molecular flexibility index (Phi) is 7.12. The number of piperidine rings is 1. The smallest absolute Gasteiger partial charge is 0.257 e. The van der Waals surface area contributed by atoms with E-state index in [4.69, 9.17) is 22.1 Å². The van der Waals surface area contributed by atoms with Gasteiger partial charge in [0.1, 0.15) is 12.4 Å². The number of nitrogens with zero attached hydrogens (tertiary/aromatic N) is 1. The van der Waals surface area contributed by atoms with E-state index in [0.717, 1.165) is 24.9 Å². The Balaban J connectivity index is 0.00000225. The Morgan fingerprint density at radius 3 is 2.68 bits per heavy atom. The van der Waals surface area contributed by atoms with Gasteiger partial charge in [0.25, 0.3) is 5.91 Å². The van der Waals surface area contributed by atoms with Crippen LogP contribution in [-0.2, 0) is 6.61 Å². The highest BCUT2D eigenvalue weighted by Crippen LogP contribution is 2.24. The fourth-order valence-corrected chi connectivity index (χ4v) is 3.10. The molecule has 2 aromatic carbocycles. The van der Waals surface area contributed by atoms with Crippen LogP contribution in [0.3, 0.4) is 0 Å². The number of halogens is 2. The number of hydrogen-bond acceptors (Lipinski definition) is 3. The maximum Gasteiger partial charge on any atom is 0.257 e. The van der Waals surface area contributed by atoms with Crippen molar-refractivity contribution in [2.24, 2.45) is 5.73 Å². The average Bonchev–Trinajstić information content (AvgIpc) is 2.61. The summed E-state index contributed by atoms with van der Waals surface area (Å²) >= 11 is 6.16. The van der Waals surface area contributed by atoms with Gasteiger partial charge in [-0.1, -0.05) is 41.9 Å². The van der Waals surface area contributed by atoms with Crippen molar-refractivity contribution in [3.8, 4) is 5.75 Å². The first kappa shape index (κ1) is 19.6. The molecule has 1 atom stereocenters. The van der Waals surface area contributed by atoms with E-state index in [1.165, 1.54) is 0 Å². The first-order chi connectivity index (χ1) is 11.6. The van der Waals surface area contributed by atoms with Gasteiger partial charge in [0.2, 0.25) is 0 Å². The Labute approximate surface area is 159 Å². The van der Waals surface area contributed by atoms with Crippen molar-refractivity contribution in [3.05, 3.63) is 64.7 Å². The topological polar surface area (TPSA) is 55.6 Å². The minimum absolute atomic E-state index is 0. The predicted molar refractivity (Wildman–Crippen MR) is 103 cm³/mol. The maximum atomic E-state index is 12.8. The molecule has 1 heterocycles. The molecule has 1 amide bonds. The predicted octanol–water partition coefficient (Wildman–Crippen LogP) is 3.90. The van der Waals surface area contributed by atoms with Crippen molar-refractivity contribution < 1.29 is 9.53 Å². The number of ether oxygens (including phenoxy) is 1. The summed E-state index contributed by atoms with van der Waals surface area (Å²) < 4.78 is 5.88. The van der Waals surface area contributed by atoms with Gasteiger partial charge in [-0.15, -0.1) is 12.4 Å². The van der Waals surface area contributed by atoms with Gasteiger partial charge in [0.05, 0.1) is 5.56 Å². The molecule has 0 spiro atoms. The van der Waals surface area contributed by atoms with Gasteiger partial charge in [-0.3, -0.25) is 4.79 Å². The van der Waals surface area contributed by atoms with Gasteiger partial charge in [-0.25, -0.2) is 0 Å². The van der Waals surface area contributed by atoms with Crippen molar-refractivity contribution in [1.82, 2.24) is 4.90 Å². The number of carbonyl (C=O) groups is 1. The first-order valence-electron chi connectivity index (χ1n) is 8.15. The highest BCUT2D eigenvalue weighted by molar-refractivity contribution is 6.31. The number of amides is 1. The second kappa shape index (κ2) is 9.09.